The van der Waals surface area contributed by atoms with Crippen LogP contribution in [0.2, 0.25) is 0 Å². The summed E-state index contributed by atoms with van der Waals surface area (Å²) in [6.07, 6.45) is -0.734. The minimum atomic E-state index is -0.367. The maximum Gasteiger partial charge on any atom is 0.0717 e. The molecular formula is C7H15NO2. The van der Waals surface area contributed by atoms with Gasteiger partial charge in [-0.15, -0.1) is 0 Å². The summed E-state index contributed by atoms with van der Waals surface area (Å²) in [7, 11) is 1.90. The Morgan fingerprint density at radius 1 is 1.20 bits per heavy atom. The van der Waals surface area contributed by atoms with Gasteiger partial charge in [0.1, 0.15) is 0 Å². The summed E-state index contributed by atoms with van der Waals surface area (Å²) >= 11 is 0. The van der Waals surface area contributed by atoms with Crippen molar-refractivity contribution < 1.29 is 10.2 Å². The summed E-state index contributed by atoms with van der Waals surface area (Å²) < 4.78 is 0. The second-order valence-corrected chi connectivity index (χ2v) is 3.22. The van der Waals surface area contributed by atoms with Crippen LogP contribution < -0.4 is 0 Å². The van der Waals surface area contributed by atoms with Crippen LogP contribution in [0.25, 0.3) is 0 Å². The van der Waals surface area contributed by atoms with Gasteiger partial charge in [-0.2, -0.15) is 0 Å². The van der Waals surface area contributed by atoms with E-state index in [0.29, 0.717) is 13.1 Å². The molecule has 1 unspecified atom stereocenters. The van der Waals surface area contributed by atoms with Crippen molar-refractivity contribution in [1.29, 1.82) is 0 Å². The first kappa shape index (κ1) is 7.98. The molecule has 60 valence electrons. The molecule has 0 aromatic carbocycles. The highest BCUT2D eigenvalue weighted by Gasteiger charge is 2.29. The van der Waals surface area contributed by atoms with Crippen LogP contribution in [0.4, 0.5) is 0 Å². The Hall–Kier alpha value is -0.120. The molecule has 0 aromatic rings. The molecule has 0 spiro atoms. The maximum absolute atomic E-state index is 9.32. The lowest BCUT2D eigenvalue weighted by Gasteiger charge is -2.35. The molecule has 3 heteroatoms. The Kier molecular flexibility index (Phi) is 2.28. The van der Waals surface area contributed by atoms with E-state index in [1.165, 1.54) is 0 Å². The van der Waals surface area contributed by atoms with Gasteiger partial charge in [0.25, 0.3) is 0 Å². The maximum atomic E-state index is 9.32. The fraction of sp³-hybridized carbons (Fsp3) is 1.00. The van der Waals surface area contributed by atoms with Crippen molar-refractivity contribution in [2.75, 3.05) is 20.1 Å². The van der Waals surface area contributed by atoms with Gasteiger partial charge >= 0.3 is 0 Å². The van der Waals surface area contributed by atoms with Gasteiger partial charge in [-0.05, 0) is 7.05 Å². The first-order chi connectivity index (χ1) is 4.61. The summed E-state index contributed by atoms with van der Waals surface area (Å²) in [5, 5.41) is 18.6. The molecule has 3 nitrogen and oxygen atoms in total. The molecular weight excluding hydrogens is 130 g/mol. The summed E-state index contributed by atoms with van der Waals surface area (Å²) in [4.78, 5) is 1.94. The van der Waals surface area contributed by atoms with Crippen LogP contribution in [0.5, 0.6) is 0 Å². The Balaban J connectivity index is 2.49. The number of piperidine rings is 1. The zero-order valence-corrected chi connectivity index (χ0v) is 6.49. The highest BCUT2D eigenvalue weighted by atomic mass is 16.3. The van der Waals surface area contributed by atoms with E-state index in [1.807, 2.05) is 18.9 Å². The average Bonchev–Trinajstić information content (AvgIpc) is 1.82. The van der Waals surface area contributed by atoms with Crippen LogP contribution in [0, 0.1) is 5.92 Å². The van der Waals surface area contributed by atoms with Gasteiger partial charge in [-0.1, -0.05) is 6.92 Å². The molecule has 0 saturated carbocycles. The van der Waals surface area contributed by atoms with E-state index in [1.54, 1.807) is 0 Å². The molecule has 10 heavy (non-hydrogen) atoms. The van der Waals surface area contributed by atoms with Crippen molar-refractivity contribution in [3.05, 3.63) is 0 Å². The van der Waals surface area contributed by atoms with Gasteiger partial charge in [-0.3, -0.25) is 0 Å². The van der Waals surface area contributed by atoms with Crippen molar-refractivity contribution >= 4 is 0 Å². The lowest BCUT2D eigenvalue weighted by atomic mass is 9.94. The zero-order valence-electron chi connectivity index (χ0n) is 6.49. The molecule has 1 fully saturated rings. The Bertz CT molecular complexity index is 106. The van der Waals surface area contributed by atoms with E-state index in [4.69, 9.17) is 0 Å². The molecule has 1 rings (SSSR count). The average molecular weight is 145 g/mol. The van der Waals surface area contributed by atoms with E-state index in [9.17, 15) is 10.2 Å². The number of hydrogen-bond donors (Lipinski definition) is 2. The molecule has 1 aliphatic rings. The second-order valence-electron chi connectivity index (χ2n) is 3.22. The Morgan fingerprint density at radius 2 is 1.60 bits per heavy atom. The number of likely N-dealkylation sites (tertiary alicyclic amines) is 1. The van der Waals surface area contributed by atoms with Crippen LogP contribution in [0.3, 0.4) is 0 Å². The van der Waals surface area contributed by atoms with Gasteiger partial charge in [0, 0.05) is 19.0 Å². The number of nitrogens with zero attached hydrogens (tertiary/aromatic N) is 1. The quantitative estimate of drug-likeness (QED) is 0.473. The van der Waals surface area contributed by atoms with Crippen molar-refractivity contribution in [3.63, 3.8) is 0 Å². The molecule has 2 N–H and O–H groups in total. The van der Waals surface area contributed by atoms with E-state index in [2.05, 4.69) is 0 Å². The van der Waals surface area contributed by atoms with Crippen LogP contribution in [-0.2, 0) is 0 Å². The third-order valence-corrected chi connectivity index (χ3v) is 2.21. The highest BCUT2D eigenvalue weighted by Crippen LogP contribution is 2.15. The fourth-order valence-corrected chi connectivity index (χ4v) is 1.30. The molecule has 1 aliphatic heterocycles. The predicted octanol–water partition coefficient (Wildman–Crippen LogP) is -0.710. The van der Waals surface area contributed by atoms with E-state index < -0.39 is 0 Å². The van der Waals surface area contributed by atoms with Crippen LogP contribution in [0.15, 0.2) is 0 Å². The van der Waals surface area contributed by atoms with Gasteiger partial charge in [-0.25, -0.2) is 0 Å². The van der Waals surface area contributed by atoms with Crippen LogP contribution in [0.1, 0.15) is 6.92 Å². The minimum Gasteiger partial charge on any atom is -0.391 e. The molecule has 0 radical (unpaired) electrons. The molecule has 0 amide bonds. The van der Waals surface area contributed by atoms with E-state index >= 15 is 0 Å². The fourth-order valence-electron chi connectivity index (χ4n) is 1.30. The number of likely N-dealkylation sites (N-methyl/N-ethyl adjacent to an activating group) is 1. The molecule has 0 bridgehead atoms. The Labute approximate surface area is 61.3 Å². The lowest BCUT2D eigenvalue weighted by molar-refractivity contribution is -0.0453. The van der Waals surface area contributed by atoms with Crippen molar-refractivity contribution in [2.24, 2.45) is 5.92 Å². The monoisotopic (exact) mass is 145 g/mol. The normalized spacial score (nSPS) is 43.8. The Morgan fingerprint density at radius 3 is 2.00 bits per heavy atom. The van der Waals surface area contributed by atoms with E-state index in [-0.39, 0.29) is 18.1 Å². The summed E-state index contributed by atoms with van der Waals surface area (Å²) in [6, 6.07) is 0. The van der Waals surface area contributed by atoms with Gasteiger partial charge in [0.15, 0.2) is 0 Å². The minimum absolute atomic E-state index is 0.0243. The molecule has 3 atom stereocenters. The third-order valence-electron chi connectivity index (χ3n) is 2.21. The first-order valence-electron chi connectivity index (χ1n) is 3.66. The van der Waals surface area contributed by atoms with Crippen molar-refractivity contribution in [1.82, 2.24) is 4.90 Å². The van der Waals surface area contributed by atoms with Crippen molar-refractivity contribution in [2.45, 2.75) is 19.1 Å². The van der Waals surface area contributed by atoms with E-state index in [0.717, 1.165) is 0 Å². The van der Waals surface area contributed by atoms with Crippen LogP contribution in [-0.4, -0.2) is 47.5 Å². The van der Waals surface area contributed by atoms with Gasteiger partial charge in [0.05, 0.1) is 12.2 Å². The number of aliphatic hydroxyl groups excluding tert-OH is 2. The summed E-state index contributed by atoms with van der Waals surface area (Å²) in [5.74, 6) is 0.0243. The summed E-state index contributed by atoms with van der Waals surface area (Å²) in [6.45, 7) is 3.23. The molecule has 0 aliphatic carbocycles. The largest absolute Gasteiger partial charge is 0.391 e. The SMILES string of the molecule is CC1[C@H](O)CN(C)C[C@@H]1O. The topological polar surface area (TPSA) is 43.7 Å². The van der Waals surface area contributed by atoms with Crippen LogP contribution >= 0.6 is 0 Å². The second kappa shape index (κ2) is 2.86. The highest BCUT2D eigenvalue weighted by molar-refractivity contribution is 4.81. The van der Waals surface area contributed by atoms with Gasteiger partial charge < -0.3 is 15.1 Å². The standard InChI is InChI=1S/C7H15NO2/c1-5-6(9)3-8(2)4-7(5)10/h5-7,9-10H,3-4H2,1-2H3/t5?,6-,7+. The third kappa shape index (κ3) is 1.48. The molecule has 1 saturated heterocycles. The number of aliphatic hydroxyl groups is 2. The predicted molar refractivity (Wildman–Crippen MR) is 38.7 cm³/mol. The summed E-state index contributed by atoms with van der Waals surface area (Å²) in [5.41, 5.74) is 0. The molecule has 1 heterocycles. The number of β-amino-alcohol motifs (C(OH)–C–C–N with tert-alkyl or cyclic N) is 2. The van der Waals surface area contributed by atoms with Crippen molar-refractivity contribution in [3.8, 4) is 0 Å². The van der Waals surface area contributed by atoms with Gasteiger partial charge in [0.2, 0.25) is 0 Å². The number of rotatable bonds is 0. The first-order valence-corrected chi connectivity index (χ1v) is 3.66. The number of hydrogen-bond acceptors (Lipinski definition) is 3. The molecule has 0 aromatic heterocycles. The lowest BCUT2D eigenvalue weighted by Crippen LogP contribution is -2.49. The smallest absolute Gasteiger partial charge is 0.0717 e. The zero-order chi connectivity index (χ0) is 7.72.